The van der Waals surface area contributed by atoms with Crippen molar-refractivity contribution in [2.24, 2.45) is 0 Å². The normalized spacial score (nSPS) is 11.3. The zero-order valence-corrected chi connectivity index (χ0v) is 20.2. The fourth-order valence-corrected chi connectivity index (χ4v) is 4.67. The average Bonchev–Trinajstić information content (AvgIpc) is 2.80. The number of hydrogen-bond donors (Lipinski definition) is 1. The van der Waals surface area contributed by atoms with E-state index in [4.69, 9.17) is 32.7 Å². The molecule has 0 saturated carbocycles. The zero-order chi connectivity index (χ0) is 24.0. The van der Waals surface area contributed by atoms with Crippen molar-refractivity contribution >= 4 is 44.8 Å². The number of carbonyl (C=O) groups excluding carboxylic acids is 1. The van der Waals surface area contributed by atoms with Gasteiger partial charge in [-0.3, -0.25) is 4.79 Å². The van der Waals surface area contributed by atoms with Gasteiger partial charge in [-0.2, -0.15) is 4.31 Å². The molecule has 0 bridgehead atoms. The monoisotopic (exact) mass is 508 g/mol. The SMILES string of the molecule is COc1ccc(OC)c(NC(=O)CN(Cc2ccc(Cl)cc2)S(=O)(=O)c2ccc(Cl)cc2)c1. The van der Waals surface area contributed by atoms with Gasteiger partial charge in [0.1, 0.15) is 11.5 Å². The summed E-state index contributed by atoms with van der Waals surface area (Å²) in [6, 6.07) is 17.4. The summed E-state index contributed by atoms with van der Waals surface area (Å²) in [6.07, 6.45) is 0. The van der Waals surface area contributed by atoms with E-state index in [0.717, 1.165) is 4.31 Å². The molecule has 0 radical (unpaired) electrons. The van der Waals surface area contributed by atoms with Crippen LogP contribution < -0.4 is 14.8 Å². The molecule has 0 atom stereocenters. The molecule has 33 heavy (non-hydrogen) atoms. The Morgan fingerprint density at radius 1 is 0.909 bits per heavy atom. The fourth-order valence-electron chi connectivity index (χ4n) is 3.04. The molecule has 0 aliphatic rings. The van der Waals surface area contributed by atoms with Crippen molar-refractivity contribution in [1.29, 1.82) is 0 Å². The van der Waals surface area contributed by atoms with Crippen molar-refractivity contribution in [3.05, 3.63) is 82.3 Å². The number of nitrogens with one attached hydrogen (secondary N) is 1. The first kappa shape index (κ1) is 24.9. The van der Waals surface area contributed by atoms with Crippen LogP contribution in [0.5, 0.6) is 11.5 Å². The van der Waals surface area contributed by atoms with Crippen molar-refractivity contribution in [2.45, 2.75) is 11.4 Å². The summed E-state index contributed by atoms with van der Waals surface area (Å²) in [5, 5.41) is 3.63. The van der Waals surface area contributed by atoms with Gasteiger partial charge in [0.2, 0.25) is 15.9 Å². The smallest absolute Gasteiger partial charge is 0.243 e. The van der Waals surface area contributed by atoms with Crippen LogP contribution >= 0.6 is 23.2 Å². The molecule has 0 unspecified atom stereocenters. The van der Waals surface area contributed by atoms with Gasteiger partial charge in [-0.1, -0.05) is 35.3 Å². The number of hydrogen-bond acceptors (Lipinski definition) is 5. The van der Waals surface area contributed by atoms with Crippen LogP contribution in [0.15, 0.2) is 71.6 Å². The van der Waals surface area contributed by atoms with E-state index in [9.17, 15) is 13.2 Å². The Hall–Kier alpha value is -2.78. The van der Waals surface area contributed by atoms with Crippen LogP contribution in [0.2, 0.25) is 10.0 Å². The molecule has 0 saturated heterocycles. The Morgan fingerprint density at radius 2 is 1.52 bits per heavy atom. The standard InChI is InChI=1S/C23H22Cl2N2O5S/c1-31-19-9-12-22(32-2)21(13-19)26-23(28)15-27(14-16-3-5-17(24)6-4-16)33(29,30)20-10-7-18(25)8-11-20/h3-13H,14-15H2,1-2H3,(H,26,28). The van der Waals surface area contributed by atoms with Gasteiger partial charge in [0, 0.05) is 22.7 Å². The number of carbonyl (C=O) groups is 1. The Kier molecular flexibility index (Phi) is 8.20. The minimum Gasteiger partial charge on any atom is -0.497 e. The van der Waals surface area contributed by atoms with Crippen LogP contribution in [0.4, 0.5) is 5.69 Å². The number of anilines is 1. The van der Waals surface area contributed by atoms with Crippen LogP contribution in [-0.4, -0.2) is 39.4 Å². The highest BCUT2D eigenvalue weighted by Crippen LogP contribution is 2.29. The van der Waals surface area contributed by atoms with E-state index in [1.807, 2.05) is 0 Å². The molecule has 0 aliphatic heterocycles. The number of nitrogens with zero attached hydrogens (tertiary/aromatic N) is 1. The Balaban J connectivity index is 1.90. The van der Waals surface area contributed by atoms with Gasteiger partial charge in [0.05, 0.1) is 31.3 Å². The summed E-state index contributed by atoms with van der Waals surface area (Å²) < 4.78 is 38.3. The summed E-state index contributed by atoms with van der Waals surface area (Å²) >= 11 is 11.9. The van der Waals surface area contributed by atoms with Crippen molar-refractivity contribution in [3.8, 4) is 11.5 Å². The third-order valence-electron chi connectivity index (χ3n) is 4.72. The molecule has 10 heteroatoms. The number of ether oxygens (including phenoxy) is 2. The first-order valence-electron chi connectivity index (χ1n) is 9.75. The third kappa shape index (κ3) is 6.39. The van der Waals surface area contributed by atoms with Crippen LogP contribution in [0.3, 0.4) is 0 Å². The lowest BCUT2D eigenvalue weighted by Crippen LogP contribution is -2.37. The number of sulfonamides is 1. The van der Waals surface area contributed by atoms with E-state index in [1.165, 1.54) is 38.5 Å². The topological polar surface area (TPSA) is 84.9 Å². The quantitative estimate of drug-likeness (QED) is 0.446. The zero-order valence-electron chi connectivity index (χ0n) is 17.9. The first-order chi connectivity index (χ1) is 15.7. The second kappa shape index (κ2) is 10.9. The summed E-state index contributed by atoms with van der Waals surface area (Å²) in [5.74, 6) is 0.375. The molecule has 7 nitrogen and oxygen atoms in total. The van der Waals surface area contributed by atoms with Crippen LogP contribution in [0, 0.1) is 0 Å². The molecule has 3 aromatic rings. The molecule has 1 N–H and O–H groups in total. The van der Waals surface area contributed by atoms with Gasteiger partial charge in [-0.15, -0.1) is 0 Å². The highest BCUT2D eigenvalue weighted by atomic mass is 35.5. The Morgan fingerprint density at radius 3 is 2.09 bits per heavy atom. The summed E-state index contributed by atoms with van der Waals surface area (Å²) in [7, 11) is -1.05. The molecule has 174 valence electrons. The van der Waals surface area contributed by atoms with Crippen molar-refractivity contribution in [3.63, 3.8) is 0 Å². The van der Waals surface area contributed by atoms with E-state index in [-0.39, 0.29) is 11.4 Å². The molecule has 0 heterocycles. The number of halogens is 2. The molecule has 1 amide bonds. The molecule has 0 aromatic heterocycles. The van der Waals surface area contributed by atoms with Crippen molar-refractivity contribution in [2.75, 3.05) is 26.1 Å². The van der Waals surface area contributed by atoms with Crippen molar-refractivity contribution < 1.29 is 22.7 Å². The highest BCUT2D eigenvalue weighted by molar-refractivity contribution is 7.89. The summed E-state index contributed by atoms with van der Waals surface area (Å²) in [4.78, 5) is 12.9. The van der Waals surface area contributed by atoms with Gasteiger partial charge >= 0.3 is 0 Å². The first-order valence-corrected chi connectivity index (χ1v) is 11.9. The largest absolute Gasteiger partial charge is 0.497 e. The molecular formula is C23H22Cl2N2O5S. The maximum Gasteiger partial charge on any atom is 0.243 e. The second-order valence-corrected chi connectivity index (χ2v) is 9.78. The Labute approximate surface area is 202 Å². The molecular weight excluding hydrogens is 487 g/mol. The van der Waals surface area contributed by atoms with E-state index in [2.05, 4.69) is 5.32 Å². The maximum atomic E-state index is 13.4. The van der Waals surface area contributed by atoms with Crippen LogP contribution in [-0.2, 0) is 21.4 Å². The van der Waals surface area contributed by atoms with Gasteiger partial charge in [-0.05, 0) is 54.1 Å². The second-order valence-electron chi connectivity index (χ2n) is 6.97. The highest BCUT2D eigenvalue weighted by Gasteiger charge is 2.27. The van der Waals surface area contributed by atoms with Crippen LogP contribution in [0.1, 0.15) is 5.56 Å². The number of benzene rings is 3. The molecule has 0 spiro atoms. The average molecular weight is 509 g/mol. The summed E-state index contributed by atoms with van der Waals surface area (Å²) in [6.45, 7) is -0.473. The lowest BCUT2D eigenvalue weighted by Gasteiger charge is -2.22. The minimum atomic E-state index is -4.02. The van der Waals surface area contributed by atoms with Gasteiger partial charge in [0.15, 0.2) is 0 Å². The predicted molar refractivity (Wildman–Crippen MR) is 129 cm³/mol. The Bertz CT molecular complexity index is 1220. The molecule has 0 aliphatic carbocycles. The lowest BCUT2D eigenvalue weighted by atomic mass is 10.2. The van der Waals surface area contributed by atoms with E-state index in [0.29, 0.717) is 32.8 Å². The molecule has 0 fully saturated rings. The van der Waals surface area contributed by atoms with Crippen molar-refractivity contribution in [1.82, 2.24) is 4.31 Å². The summed E-state index contributed by atoms with van der Waals surface area (Å²) in [5.41, 5.74) is 1.03. The van der Waals surface area contributed by atoms with E-state index < -0.39 is 22.5 Å². The lowest BCUT2D eigenvalue weighted by molar-refractivity contribution is -0.116. The van der Waals surface area contributed by atoms with E-state index in [1.54, 1.807) is 42.5 Å². The molecule has 3 rings (SSSR count). The van der Waals surface area contributed by atoms with Crippen LogP contribution in [0.25, 0.3) is 0 Å². The maximum absolute atomic E-state index is 13.4. The predicted octanol–water partition coefficient (Wildman–Crippen LogP) is 4.84. The van der Waals surface area contributed by atoms with Gasteiger partial charge < -0.3 is 14.8 Å². The number of amides is 1. The minimum absolute atomic E-state index is 0.0209. The number of rotatable bonds is 9. The van der Waals surface area contributed by atoms with Gasteiger partial charge in [0.25, 0.3) is 0 Å². The third-order valence-corrected chi connectivity index (χ3v) is 7.03. The van der Waals surface area contributed by atoms with Gasteiger partial charge in [-0.25, -0.2) is 8.42 Å². The number of methoxy groups -OCH3 is 2. The van der Waals surface area contributed by atoms with E-state index >= 15 is 0 Å². The fraction of sp³-hybridized carbons (Fsp3) is 0.174. The molecule has 3 aromatic carbocycles.